The molecule has 0 amide bonds. The monoisotopic (exact) mass is 314 g/mol. The maximum absolute atomic E-state index is 5.40. The highest BCUT2D eigenvalue weighted by molar-refractivity contribution is 14.1. The molecule has 0 saturated heterocycles. The largest absolute Gasteiger partial charge is 0.495 e. The third kappa shape index (κ3) is 1.99. The van der Waals surface area contributed by atoms with Gasteiger partial charge in [0.15, 0.2) is 0 Å². The van der Waals surface area contributed by atoms with Crippen molar-refractivity contribution in [2.45, 2.75) is 0 Å². The van der Waals surface area contributed by atoms with Crippen LogP contribution in [-0.2, 0) is 7.05 Å². The van der Waals surface area contributed by atoms with Crippen LogP contribution in [-0.4, -0.2) is 16.9 Å². The van der Waals surface area contributed by atoms with Gasteiger partial charge in [0.1, 0.15) is 5.75 Å². The second-order valence-electron chi connectivity index (χ2n) is 3.22. The number of benzene rings is 1. The van der Waals surface area contributed by atoms with Crippen LogP contribution in [0.2, 0.25) is 0 Å². The van der Waals surface area contributed by atoms with E-state index in [9.17, 15) is 0 Å². The van der Waals surface area contributed by atoms with Crippen LogP contribution in [0.25, 0.3) is 11.1 Å². The first-order chi connectivity index (χ1) is 7.22. The van der Waals surface area contributed by atoms with Gasteiger partial charge in [-0.2, -0.15) is 5.10 Å². The van der Waals surface area contributed by atoms with Gasteiger partial charge in [0, 0.05) is 24.4 Å². The predicted molar refractivity (Wildman–Crippen MR) is 67.9 cm³/mol. The third-order valence-electron chi connectivity index (χ3n) is 2.19. The van der Waals surface area contributed by atoms with Crippen molar-refractivity contribution in [3.63, 3.8) is 0 Å². The molecule has 2 rings (SSSR count). The van der Waals surface area contributed by atoms with Crippen molar-refractivity contribution in [1.82, 2.24) is 9.78 Å². The minimum absolute atomic E-state index is 0.908. The topological polar surface area (TPSA) is 27.1 Å². The molecule has 0 saturated carbocycles. The van der Waals surface area contributed by atoms with E-state index in [1.165, 1.54) is 0 Å². The van der Waals surface area contributed by atoms with Crippen LogP contribution in [0, 0.1) is 3.57 Å². The molecule has 78 valence electrons. The molecule has 0 unspecified atom stereocenters. The van der Waals surface area contributed by atoms with Gasteiger partial charge in [0.2, 0.25) is 0 Å². The zero-order valence-electron chi connectivity index (χ0n) is 8.57. The fraction of sp³-hybridized carbons (Fsp3) is 0.182. The second-order valence-corrected chi connectivity index (χ2v) is 4.39. The summed E-state index contributed by atoms with van der Waals surface area (Å²) >= 11 is 2.27. The number of methoxy groups -OCH3 is 1. The Labute approximate surface area is 102 Å². The summed E-state index contributed by atoms with van der Waals surface area (Å²) in [6.07, 6.45) is 3.82. The van der Waals surface area contributed by atoms with Gasteiger partial charge in [-0.05, 0) is 28.7 Å². The highest BCUT2D eigenvalue weighted by Gasteiger charge is 2.09. The second kappa shape index (κ2) is 4.22. The fourth-order valence-corrected chi connectivity index (χ4v) is 2.22. The molecule has 0 fully saturated rings. The molecule has 0 radical (unpaired) electrons. The molecule has 0 aliphatic rings. The normalized spacial score (nSPS) is 10.3. The van der Waals surface area contributed by atoms with E-state index in [1.807, 2.05) is 37.6 Å². The predicted octanol–water partition coefficient (Wildman–Crippen LogP) is 2.70. The fourth-order valence-electron chi connectivity index (χ4n) is 1.50. The smallest absolute Gasteiger partial charge is 0.140 e. The van der Waals surface area contributed by atoms with E-state index in [0.717, 1.165) is 20.4 Å². The number of halogens is 1. The number of hydrogen-bond donors (Lipinski definition) is 0. The van der Waals surface area contributed by atoms with Crippen LogP contribution >= 0.6 is 22.6 Å². The molecule has 0 atom stereocenters. The van der Waals surface area contributed by atoms with Crippen LogP contribution in [0.4, 0.5) is 0 Å². The lowest BCUT2D eigenvalue weighted by Gasteiger charge is -2.08. The summed E-state index contributed by atoms with van der Waals surface area (Å²) in [5.74, 6) is 0.908. The molecule has 0 aliphatic heterocycles. The van der Waals surface area contributed by atoms with E-state index in [2.05, 4.69) is 27.7 Å². The van der Waals surface area contributed by atoms with Crippen LogP contribution in [0.3, 0.4) is 0 Å². The molecular weight excluding hydrogens is 303 g/mol. The number of aromatic nitrogens is 2. The molecule has 0 spiro atoms. The molecule has 0 N–H and O–H groups in total. The Morgan fingerprint density at radius 2 is 2.20 bits per heavy atom. The van der Waals surface area contributed by atoms with Crippen LogP contribution in [0.15, 0.2) is 30.6 Å². The maximum Gasteiger partial charge on any atom is 0.140 e. The Balaban J connectivity index is 2.57. The van der Waals surface area contributed by atoms with Gasteiger partial charge in [-0.3, -0.25) is 4.68 Å². The lowest BCUT2D eigenvalue weighted by molar-refractivity contribution is 0.413. The molecule has 3 nitrogen and oxygen atoms in total. The molecule has 2 aromatic rings. The minimum atomic E-state index is 0.908. The SMILES string of the molecule is COc1c(I)cccc1-c1cnn(C)c1. The average molecular weight is 314 g/mol. The molecule has 15 heavy (non-hydrogen) atoms. The van der Waals surface area contributed by atoms with E-state index in [-0.39, 0.29) is 0 Å². The summed E-state index contributed by atoms with van der Waals surface area (Å²) in [6.45, 7) is 0. The van der Waals surface area contributed by atoms with Crippen LogP contribution in [0.5, 0.6) is 5.75 Å². The minimum Gasteiger partial charge on any atom is -0.495 e. The number of aryl methyl sites for hydroxylation is 1. The van der Waals surface area contributed by atoms with Crippen molar-refractivity contribution in [3.8, 4) is 16.9 Å². The molecule has 0 aliphatic carbocycles. The molecule has 1 aromatic carbocycles. The van der Waals surface area contributed by atoms with Crippen molar-refractivity contribution in [2.24, 2.45) is 7.05 Å². The summed E-state index contributed by atoms with van der Waals surface area (Å²) in [6, 6.07) is 6.09. The quantitative estimate of drug-likeness (QED) is 0.797. The van der Waals surface area contributed by atoms with E-state index < -0.39 is 0 Å². The first-order valence-electron chi connectivity index (χ1n) is 4.54. The van der Waals surface area contributed by atoms with Gasteiger partial charge in [-0.25, -0.2) is 0 Å². The summed E-state index contributed by atoms with van der Waals surface area (Å²) in [4.78, 5) is 0. The van der Waals surface area contributed by atoms with Gasteiger partial charge in [0.25, 0.3) is 0 Å². The molecule has 1 heterocycles. The Morgan fingerprint density at radius 3 is 2.80 bits per heavy atom. The van der Waals surface area contributed by atoms with Crippen molar-refractivity contribution in [3.05, 3.63) is 34.2 Å². The molecule has 0 bridgehead atoms. The third-order valence-corrected chi connectivity index (χ3v) is 3.04. The Morgan fingerprint density at radius 1 is 1.40 bits per heavy atom. The summed E-state index contributed by atoms with van der Waals surface area (Å²) in [5, 5.41) is 4.16. The molecular formula is C11H11IN2O. The van der Waals surface area contributed by atoms with Crippen LogP contribution < -0.4 is 4.74 Å². The summed E-state index contributed by atoms with van der Waals surface area (Å²) in [5.41, 5.74) is 2.16. The molecule has 1 aromatic heterocycles. The first kappa shape index (κ1) is 10.5. The lowest BCUT2D eigenvalue weighted by Crippen LogP contribution is -1.90. The van der Waals surface area contributed by atoms with Crippen molar-refractivity contribution in [2.75, 3.05) is 7.11 Å². The number of rotatable bonds is 2. The first-order valence-corrected chi connectivity index (χ1v) is 5.62. The number of hydrogen-bond acceptors (Lipinski definition) is 2. The van der Waals surface area contributed by atoms with Crippen molar-refractivity contribution < 1.29 is 4.74 Å². The number of para-hydroxylation sites is 1. The average Bonchev–Trinajstić information content (AvgIpc) is 2.64. The van der Waals surface area contributed by atoms with Gasteiger partial charge < -0.3 is 4.74 Å². The summed E-state index contributed by atoms with van der Waals surface area (Å²) < 4.78 is 8.29. The lowest BCUT2D eigenvalue weighted by atomic mass is 10.1. The zero-order chi connectivity index (χ0) is 10.8. The van der Waals surface area contributed by atoms with E-state index in [0.29, 0.717) is 0 Å². The Bertz CT molecular complexity index is 479. The number of nitrogens with zero attached hydrogens (tertiary/aromatic N) is 2. The van der Waals surface area contributed by atoms with E-state index in [4.69, 9.17) is 4.74 Å². The maximum atomic E-state index is 5.40. The molecule has 4 heteroatoms. The highest BCUT2D eigenvalue weighted by atomic mass is 127. The Hall–Kier alpha value is -1.04. The zero-order valence-corrected chi connectivity index (χ0v) is 10.7. The summed E-state index contributed by atoms with van der Waals surface area (Å²) in [7, 11) is 3.60. The van der Waals surface area contributed by atoms with Gasteiger partial charge >= 0.3 is 0 Å². The van der Waals surface area contributed by atoms with Gasteiger partial charge in [-0.1, -0.05) is 12.1 Å². The van der Waals surface area contributed by atoms with Gasteiger partial charge in [-0.15, -0.1) is 0 Å². The standard InChI is InChI=1S/C11H11IN2O/c1-14-7-8(6-13-14)9-4-3-5-10(12)11(9)15-2/h3-7H,1-2H3. The van der Waals surface area contributed by atoms with Crippen molar-refractivity contribution >= 4 is 22.6 Å². The number of ether oxygens (including phenoxy) is 1. The van der Waals surface area contributed by atoms with E-state index in [1.54, 1.807) is 11.8 Å². The highest BCUT2D eigenvalue weighted by Crippen LogP contribution is 2.33. The van der Waals surface area contributed by atoms with E-state index >= 15 is 0 Å². The van der Waals surface area contributed by atoms with Crippen LogP contribution in [0.1, 0.15) is 0 Å². The Kier molecular flexibility index (Phi) is 2.95. The van der Waals surface area contributed by atoms with Crippen molar-refractivity contribution in [1.29, 1.82) is 0 Å². The van der Waals surface area contributed by atoms with Gasteiger partial charge in [0.05, 0.1) is 16.9 Å².